The number of amides is 1. The predicted octanol–water partition coefficient (Wildman–Crippen LogP) is 3.45. The Balaban J connectivity index is 2.17. The van der Waals surface area contributed by atoms with E-state index in [1.807, 2.05) is 6.92 Å². The molecule has 2 rings (SSSR count). The summed E-state index contributed by atoms with van der Waals surface area (Å²) in [6.07, 6.45) is 0. The minimum atomic E-state index is -3.90. The van der Waals surface area contributed by atoms with Gasteiger partial charge in [0.1, 0.15) is 6.04 Å². The van der Waals surface area contributed by atoms with E-state index in [1.54, 1.807) is 32.9 Å². The maximum atomic E-state index is 13.4. The smallest absolute Gasteiger partial charge is 0.241 e. The van der Waals surface area contributed by atoms with Gasteiger partial charge in [0.2, 0.25) is 15.9 Å². The number of rotatable bonds is 7. The number of benzene rings is 2. The number of nitrogens with one attached hydrogen (secondary N) is 2. The Morgan fingerprint density at radius 3 is 2.11 bits per heavy atom. The molecule has 0 radical (unpaired) electrons. The molecule has 0 saturated heterocycles. The molecule has 0 aliphatic heterocycles. The summed E-state index contributed by atoms with van der Waals surface area (Å²) in [5.74, 6) is -2.88. The fraction of sp³-hybridized carbons (Fsp3) is 0.350. The Morgan fingerprint density at radius 1 is 0.964 bits per heavy atom. The molecule has 0 unspecified atom stereocenters. The van der Waals surface area contributed by atoms with E-state index in [0.717, 1.165) is 17.7 Å². The number of aryl methyl sites for hydroxylation is 1. The lowest BCUT2D eigenvalue weighted by atomic mass is 10.0. The first-order valence-corrected chi connectivity index (χ1v) is 10.3. The maximum Gasteiger partial charge on any atom is 0.241 e. The lowest BCUT2D eigenvalue weighted by molar-refractivity contribution is -0.124. The standard InChI is InChI=1S/C20H24F2N2O3S/c1-12(2)19(24-28(26,27)16-8-5-13(3)6-9-16)20(25)23-14(4)15-7-10-17(21)18(22)11-15/h5-12,14,19,24H,1-4H3,(H,23,25)/t14-,19+/m1/s1. The second kappa shape index (κ2) is 8.79. The van der Waals surface area contributed by atoms with Crippen LogP contribution in [0.5, 0.6) is 0 Å². The number of hydrogen-bond donors (Lipinski definition) is 2. The largest absolute Gasteiger partial charge is 0.348 e. The molecule has 0 spiro atoms. The van der Waals surface area contributed by atoms with Crippen molar-refractivity contribution in [3.8, 4) is 0 Å². The Kier molecular flexibility index (Phi) is 6.90. The monoisotopic (exact) mass is 410 g/mol. The number of carbonyl (C=O) groups excluding carboxylic acids is 1. The van der Waals surface area contributed by atoms with Gasteiger partial charge in [0, 0.05) is 0 Å². The fourth-order valence-electron chi connectivity index (χ4n) is 2.61. The van der Waals surface area contributed by atoms with Crippen molar-refractivity contribution in [1.29, 1.82) is 0 Å². The first-order valence-electron chi connectivity index (χ1n) is 8.85. The van der Waals surface area contributed by atoms with Crippen molar-refractivity contribution >= 4 is 15.9 Å². The molecule has 0 aromatic heterocycles. The van der Waals surface area contributed by atoms with E-state index < -0.39 is 39.6 Å². The average molecular weight is 410 g/mol. The molecular weight excluding hydrogens is 386 g/mol. The summed E-state index contributed by atoms with van der Waals surface area (Å²) in [6, 6.07) is 7.97. The first-order chi connectivity index (χ1) is 13.0. The van der Waals surface area contributed by atoms with E-state index in [0.29, 0.717) is 5.56 Å². The van der Waals surface area contributed by atoms with Crippen LogP contribution in [0.15, 0.2) is 47.4 Å². The van der Waals surface area contributed by atoms with Gasteiger partial charge >= 0.3 is 0 Å². The van der Waals surface area contributed by atoms with Gasteiger partial charge in [-0.25, -0.2) is 17.2 Å². The van der Waals surface area contributed by atoms with Crippen LogP contribution in [0.2, 0.25) is 0 Å². The lowest BCUT2D eigenvalue weighted by Crippen LogP contribution is -2.50. The molecule has 0 fully saturated rings. The number of halogens is 2. The van der Waals surface area contributed by atoms with Crippen LogP contribution in [0.1, 0.15) is 37.9 Å². The zero-order valence-electron chi connectivity index (χ0n) is 16.2. The van der Waals surface area contributed by atoms with Crippen LogP contribution in [0.25, 0.3) is 0 Å². The second-order valence-corrected chi connectivity index (χ2v) is 8.77. The highest BCUT2D eigenvalue weighted by atomic mass is 32.2. The van der Waals surface area contributed by atoms with Gasteiger partial charge in [0.25, 0.3) is 0 Å². The van der Waals surface area contributed by atoms with Crippen molar-refractivity contribution < 1.29 is 22.0 Å². The van der Waals surface area contributed by atoms with E-state index in [2.05, 4.69) is 10.0 Å². The maximum absolute atomic E-state index is 13.4. The molecule has 0 aliphatic carbocycles. The summed E-state index contributed by atoms with van der Waals surface area (Å²) in [5.41, 5.74) is 1.29. The molecule has 2 atom stereocenters. The molecule has 5 nitrogen and oxygen atoms in total. The Morgan fingerprint density at radius 2 is 1.57 bits per heavy atom. The van der Waals surface area contributed by atoms with Crippen LogP contribution in [0.4, 0.5) is 8.78 Å². The van der Waals surface area contributed by atoms with Crippen LogP contribution < -0.4 is 10.0 Å². The van der Waals surface area contributed by atoms with Crippen LogP contribution in [0, 0.1) is 24.5 Å². The number of hydrogen-bond acceptors (Lipinski definition) is 3. The molecule has 0 bridgehead atoms. The summed E-state index contributed by atoms with van der Waals surface area (Å²) in [7, 11) is -3.90. The average Bonchev–Trinajstić information content (AvgIpc) is 2.62. The Bertz CT molecular complexity index is 944. The summed E-state index contributed by atoms with van der Waals surface area (Å²) < 4.78 is 54.2. The summed E-state index contributed by atoms with van der Waals surface area (Å²) >= 11 is 0. The second-order valence-electron chi connectivity index (χ2n) is 7.06. The van der Waals surface area contributed by atoms with Gasteiger partial charge in [-0.05, 0) is 49.6 Å². The minimum Gasteiger partial charge on any atom is -0.348 e. The van der Waals surface area contributed by atoms with Crippen LogP contribution in [-0.4, -0.2) is 20.4 Å². The molecule has 0 heterocycles. The summed E-state index contributed by atoms with van der Waals surface area (Å²) in [6.45, 7) is 6.87. The third-order valence-corrected chi connectivity index (χ3v) is 5.82. The van der Waals surface area contributed by atoms with E-state index >= 15 is 0 Å². The highest BCUT2D eigenvalue weighted by Gasteiger charge is 2.29. The SMILES string of the molecule is Cc1ccc(S(=O)(=O)N[C@H](C(=O)N[C@H](C)c2ccc(F)c(F)c2)C(C)C)cc1. The van der Waals surface area contributed by atoms with Crippen molar-refractivity contribution in [2.75, 3.05) is 0 Å². The van der Waals surface area contributed by atoms with Gasteiger partial charge in [0.15, 0.2) is 11.6 Å². The topological polar surface area (TPSA) is 75.3 Å². The van der Waals surface area contributed by atoms with Crippen LogP contribution >= 0.6 is 0 Å². The first kappa shape index (κ1) is 22.0. The quantitative estimate of drug-likeness (QED) is 0.734. The third-order valence-electron chi connectivity index (χ3n) is 4.36. The van der Waals surface area contributed by atoms with Crippen LogP contribution in [0.3, 0.4) is 0 Å². The zero-order chi connectivity index (χ0) is 21.1. The van der Waals surface area contributed by atoms with Gasteiger partial charge in [-0.1, -0.05) is 37.6 Å². The lowest BCUT2D eigenvalue weighted by Gasteiger charge is -2.24. The van der Waals surface area contributed by atoms with Gasteiger partial charge in [-0.15, -0.1) is 0 Å². The van der Waals surface area contributed by atoms with Crippen molar-refractivity contribution in [3.63, 3.8) is 0 Å². The van der Waals surface area contributed by atoms with E-state index in [4.69, 9.17) is 0 Å². The molecule has 28 heavy (non-hydrogen) atoms. The summed E-state index contributed by atoms with van der Waals surface area (Å²) in [5, 5.41) is 2.65. The molecule has 2 aromatic rings. The Hall–Kier alpha value is -2.32. The molecular formula is C20H24F2N2O3S. The Labute approximate surface area is 164 Å². The minimum absolute atomic E-state index is 0.0604. The predicted molar refractivity (Wildman–Crippen MR) is 103 cm³/mol. The molecule has 2 N–H and O–H groups in total. The van der Waals surface area contributed by atoms with Crippen molar-refractivity contribution in [2.45, 2.75) is 44.7 Å². The number of carbonyl (C=O) groups is 1. The van der Waals surface area contributed by atoms with Crippen molar-refractivity contribution in [3.05, 3.63) is 65.2 Å². The van der Waals surface area contributed by atoms with E-state index in [1.165, 1.54) is 18.2 Å². The van der Waals surface area contributed by atoms with Crippen molar-refractivity contribution in [1.82, 2.24) is 10.0 Å². The number of sulfonamides is 1. The molecule has 0 saturated carbocycles. The molecule has 152 valence electrons. The zero-order valence-corrected chi connectivity index (χ0v) is 17.0. The van der Waals surface area contributed by atoms with Crippen molar-refractivity contribution in [2.24, 2.45) is 5.92 Å². The normalized spacial score (nSPS) is 14.0. The molecule has 8 heteroatoms. The van der Waals surface area contributed by atoms with Gasteiger partial charge in [-0.3, -0.25) is 4.79 Å². The fourth-order valence-corrected chi connectivity index (χ4v) is 3.96. The van der Waals surface area contributed by atoms with Gasteiger partial charge in [0.05, 0.1) is 10.9 Å². The molecule has 2 aromatic carbocycles. The third kappa shape index (κ3) is 5.36. The highest BCUT2D eigenvalue weighted by Crippen LogP contribution is 2.18. The molecule has 1 amide bonds. The van der Waals surface area contributed by atoms with E-state index in [9.17, 15) is 22.0 Å². The summed E-state index contributed by atoms with van der Waals surface area (Å²) in [4.78, 5) is 12.7. The van der Waals surface area contributed by atoms with Crippen LogP contribution in [-0.2, 0) is 14.8 Å². The van der Waals surface area contributed by atoms with E-state index in [-0.39, 0.29) is 10.8 Å². The highest BCUT2D eigenvalue weighted by molar-refractivity contribution is 7.89. The van der Waals surface area contributed by atoms with Gasteiger partial charge in [-0.2, -0.15) is 4.72 Å². The van der Waals surface area contributed by atoms with Gasteiger partial charge < -0.3 is 5.32 Å². The molecule has 0 aliphatic rings.